The van der Waals surface area contributed by atoms with Crippen LogP contribution >= 0.6 is 0 Å². The standard InChI is InChI=1S/C5H9N2/c1-5-3-4-7(2)6-5/h3-5H,1-2H3. The first-order valence-corrected chi connectivity index (χ1v) is 2.41. The molecule has 2 heteroatoms. The third kappa shape index (κ3) is 0.933. The summed E-state index contributed by atoms with van der Waals surface area (Å²) in [6.07, 6.45) is 4.02. The molecule has 1 atom stereocenters. The summed E-state index contributed by atoms with van der Waals surface area (Å²) < 4.78 is 0. The Labute approximate surface area is 43.8 Å². The fraction of sp³-hybridized carbons (Fsp3) is 0.600. The Morgan fingerprint density at radius 1 is 1.71 bits per heavy atom. The Hall–Kier alpha value is -0.500. The maximum absolute atomic E-state index is 4.11. The molecule has 1 radical (unpaired) electrons. The number of hydrogen-bond donors (Lipinski definition) is 0. The SMILES string of the molecule is CC1C=CN(C)[N]1. The van der Waals surface area contributed by atoms with Gasteiger partial charge in [-0.1, -0.05) is 0 Å². The zero-order valence-electron chi connectivity index (χ0n) is 4.63. The van der Waals surface area contributed by atoms with Gasteiger partial charge >= 0.3 is 0 Å². The first kappa shape index (κ1) is 4.65. The molecule has 0 fully saturated rings. The van der Waals surface area contributed by atoms with E-state index in [2.05, 4.69) is 18.4 Å². The second kappa shape index (κ2) is 1.54. The van der Waals surface area contributed by atoms with Crippen LogP contribution in [-0.2, 0) is 0 Å². The fourth-order valence-electron chi connectivity index (χ4n) is 0.613. The zero-order chi connectivity index (χ0) is 5.28. The summed E-state index contributed by atoms with van der Waals surface area (Å²) in [6, 6.07) is 0.394. The minimum atomic E-state index is 0.394. The lowest BCUT2D eigenvalue weighted by Gasteiger charge is -2.05. The lowest BCUT2D eigenvalue weighted by molar-refractivity contribution is 0.327. The molecule has 1 heterocycles. The van der Waals surface area contributed by atoms with E-state index < -0.39 is 0 Å². The summed E-state index contributed by atoms with van der Waals surface area (Å²) >= 11 is 0. The molecule has 0 spiro atoms. The molecule has 0 aromatic rings. The minimum Gasteiger partial charge on any atom is -0.301 e. The topological polar surface area (TPSA) is 17.3 Å². The minimum absolute atomic E-state index is 0.394. The van der Waals surface area contributed by atoms with Crippen LogP contribution in [0.3, 0.4) is 0 Å². The molecule has 1 aliphatic heterocycles. The maximum Gasteiger partial charge on any atom is 0.0641 e. The van der Waals surface area contributed by atoms with Gasteiger partial charge in [0.15, 0.2) is 0 Å². The Morgan fingerprint density at radius 2 is 2.43 bits per heavy atom. The molecular formula is C5H9N2. The van der Waals surface area contributed by atoms with Crippen LogP contribution in [0.4, 0.5) is 0 Å². The van der Waals surface area contributed by atoms with Crippen LogP contribution in [0, 0.1) is 0 Å². The average Bonchev–Trinajstić information content (AvgIpc) is 1.87. The lowest BCUT2D eigenvalue weighted by atomic mass is 10.4. The fourth-order valence-corrected chi connectivity index (χ4v) is 0.613. The van der Waals surface area contributed by atoms with Crippen LogP contribution in [0.5, 0.6) is 0 Å². The highest BCUT2D eigenvalue weighted by Crippen LogP contribution is 1.97. The summed E-state index contributed by atoms with van der Waals surface area (Å²) in [5.41, 5.74) is 4.11. The van der Waals surface area contributed by atoms with Gasteiger partial charge in [0.05, 0.1) is 6.04 Å². The van der Waals surface area contributed by atoms with E-state index in [1.807, 2.05) is 18.3 Å². The molecule has 2 nitrogen and oxygen atoms in total. The molecule has 1 aliphatic rings. The molecule has 0 amide bonds. The Morgan fingerprint density at radius 3 is 2.57 bits per heavy atom. The van der Waals surface area contributed by atoms with Crippen molar-refractivity contribution < 1.29 is 0 Å². The van der Waals surface area contributed by atoms with E-state index in [1.54, 1.807) is 0 Å². The zero-order valence-corrected chi connectivity index (χ0v) is 4.63. The summed E-state index contributed by atoms with van der Waals surface area (Å²) in [6.45, 7) is 2.06. The monoisotopic (exact) mass is 97.1 g/mol. The molecule has 1 unspecified atom stereocenters. The van der Waals surface area contributed by atoms with Gasteiger partial charge in [0.25, 0.3) is 0 Å². The predicted octanol–water partition coefficient (Wildman–Crippen LogP) is 0.353. The molecule has 0 aromatic heterocycles. The quantitative estimate of drug-likeness (QED) is 0.426. The van der Waals surface area contributed by atoms with Crippen LogP contribution in [0.15, 0.2) is 12.3 Å². The van der Waals surface area contributed by atoms with Crippen molar-refractivity contribution in [1.29, 1.82) is 0 Å². The number of rotatable bonds is 0. The van der Waals surface area contributed by atoms with Gasteiger partial charge < -0.3 is 5.01 Å². The van der Waals surface area contributed by atoms with E-state index in [1.165, 1.54) is 0 Å². The van der Waals surface area contributed by atoms with Gasteiger partial charge in [-0.3, -0.25) is 0 Å². The second-order valence-corrected chi connectivity index (χ2v) is 1.77. The van der Waals surface area contributed by atoms with Gasteiger partial charge in [-0.25, -0.2) is 0 Å². The first-order valence-electron chi connectivity index (χ1n) is 2.41. The van der Waals surface area contributed by atoms with E-state index in [0.717, 1.165) is 0 Å². The van der Waals surface area contributed by atoms with Crippen LogP contribution in [-0.4, -0.2) is 18.1 Å². The van der Waals surface area contributed by atoms with Crippen molar-refractivity contribution in [2.75, 3.05) is 7.05 Å². The van der Waals surface area contributed by atoms with Crippen LogP contribution in [0.2, 0.25) is 0 Å². The third-order valence-electron chi connectivity index (χ3n) is 0.945. The van der Waals surface area contributed by atoms with Gasteiger partial charge in [0.2, 0.25) is 0 Å². The van der Waals surface area contributed by atoms with Crippen molar-refractivity contribution >= 4 is 0 Å². The normalized spacial score (nSPS) is 29.4. The van der Waals surface area contributed by atoms with Gasteiger partial charge in [0, 0.05) is 13.2 Å². The molecule has 0 aromatic carbocycles. The first-order chi connectivity index (χ1) is 3.29. The smallest absolute Gasteiger partial charge is 0.0641 e. The van der Waals surface area contributed by atoms with E-state index in [9.17, 15) is 0 Å². The summed E-state index contributed by atoms with van der Waals surface area (Å²) in [5.74, 6) is 0. The van der Waals surface area contributed by atoms with Gasteiger partial charge in [-0.2, -0.15) is 0 Å². The highest BCUT2D eigenvalue weighted by Gasteiger charge is 2.05. The molecule has 0 aliphatic carbocycles. The predicted molar refractivity (Wildman–Crippen MR) is 28.5 cm³/mol. The largest absolute Gasteiger partial charge is 0.301 e. The van der Waals surface area contributed by atoms with Crippen LogP contribution in [0.1, 0.15) is 6.92 Å². The second-order valence-electron chi connectivity index (χ2n) is 1.77. The lowest BCUT2D eigenvalue weighted by Crippen LogP contribution is -2.21. The average molecular weight is 97.1 g/mol. The van der Waals surface area contributed by atoms with E-state index in [4.69, 9.17) is 0 Å². The molecule has 7 heavy (non-hydrogen) atoms. The molecule has 0 saturated carbocycles. The van der Waals surface area contributed by atoms with Crippen molar-refractivity contribution in [3.8, 4) is 0 Å². The van der Waals surface area contributed by atoms with Gasteiger partial charge in [0.1, 0.15) is 0 Å². The van der Waals surface area contributed by atoms with Crippen molar-refractivity contribution in [3.63, 3.8) is 0 Å². The van der Waals surface area contributed by atoms with E-state index >= 15 is 0 Å². The van der Waals surface area contributed by atoms with Crippen LogP contribution in [0.25, 0.3) is 0 Å². The maximum atomic E-state index is 4.11. The summed E-state index contributed by atoms with van der Waals surface area (Å²) in [5, 5.41) is 1.82. The van der Waals surface area contributed by atoms with Gasteiger partial charge in [-0.15, -0.1) is 5.43 Å². The van der Waals surface area contributed by atoms with E-state index in [-0.39, 0.29) is 0 Å². The van der Waals surface area contributed by atoms with Crippen LogP contribution < -0.4 is 5.43 Å². The van der Waals surface area contributed by atoms with Crippen molar-refractivity contribution in [1.82, 2.24) is 10.4 Å². The Kier molecular flexibility index (Phi) is 1.02. The number of nitrogens with zero attached hydrogens (tertiary/aromatic N) is 2. The van der Waals surface area contributed by atoms with Crippen molar-refractivity contribution in [2.45, 2.75) is 13.0 Å². The van der Waals surface area contributed by atoms with Crippen molar-refractivity contribution in [3.05, 3.63) is 12.3 Å². The Bertz CT molecular complexity index is 78.1. The highest BCUT2D eigenvalue weighted by molar-refractivity contribution is 4.94. The summed E-state index contributed by atoms with van der Waals surface area (Å²) in [7, 11) is 1.93. The third-order valence-corrected chi connectivity index (χ3v) is 0.945. The van der Waals surface area contributed by atoms with E-state index in [0.29, 0.717) is 6.04 Å². The molecule has 39 valence electrons. The molecule has 0 saturated heterocycles. The Balaban J connectivity index is 2.42. The molecule has 0 bridgehead atoms. The summed E-state index contributed by atoms with van der Waals surface area (Å²) in [4.78, 5) is 0. The highest BCUT2D eigenvalue weighted by atomic mass is 15.5. The van der Waals surface area contributed by atoms with Gasteiger partial charge in [-0.05, 0) is 13.0 Å². The molecular weight excluding hydrogens is 88.1 g/mol. The van der Waals surface area contributed by atoms with Crippen molar-refractivity contribution in [2.24, 2.45) is 0 Å². The molecule has 1 rings (SSSR count). The molecule has 0 N–H and O–H groups in total. The number of hydrogen-bond acceptors (Lipinski definition) is 1.